The molecule has 1 fully saturated rings. The molecule has 1 saturated heterocycles. The molecule has 1 rings (SSSR count). The number of hydrogen-bond acceptors (Lipinski definition) is 5. The van der Waals surface area contributed by atoms with Crippen LogP contribution in [0.15, 0.2) is 12.2 Å². The Bertz CT molecular complexity index is 492. The fourth-order valence-corrected chi connectivity index (χ4v) is 2.85. The topological polar surface area (TPSA) is 65.1 Å². The van der Waals surface area contributed by atoms with E-state index in [-0.39, 0.29) is 5.92 Å². The largest absolute Gasteiger partial charge is 0.467 e. The van der Waals surface area contributed by atoms with E-state index in [1.54, 1.807) is 34.6 Å². The van der Waals surface area contributed by atoms with Gasteiger partial charge in [0.2, 0.25) is 0 Å². The first-order valence-corrected chi connectivity index (χ1v) is 8.33. The zero-order valence-electron chi connectivity index (χ0n) is 16.1. The predicted octanol–water partition coefficient (Wildman–Crippen LogP) is 3.50. The molecule has 24 heavy (non-hydrogen) atoms. The maximum absolute atomic E-state index is 12.7. The average Bonchev–Trinajstić information content (AvgIpc) is 2.73. The Morgan fingerprint density at radius 2 is 1.92 bits per heavy atom. The molecule has 0 spiro atoms. The molecule has 0 N–H and O–H groups in total. The summed E-state index contributed by atoms with van der Waals surface area (Å²) in [5.41, 5.74) is -1.63. The maximum Gasteiger partial charge on any atom is 0.413 e. The quantitative estimate of drug-likeness (QED) is 0.578. The molecule has 0 radical (unpaired) electrons. The minimum atomic E-state index is -0.962. The van der Waals surface area contributed by atoms with Gasteiger partial charge in [-0.2, -0.15) is 0 Å². The summed E-state index contributed by atoms with van der Waals surface area (Å²) in [5.74, 6) is -0.458. The minimum Gasteiger partial charge on any atom is -0.467 e. The first kappa shape index (κ1) is 20.5. The molecule has 0 bridgehead atoms. The Morgan fingerprint density at radius 1 is 1.33 bits per heavy atom. The van der Waals surface area contributed by atoms with Crippen LogP contribution < -0.4 is 0 Å². The maximum atomic E-state index is 12.7. The predicted molar refractivity (Wildman–Crippen MR) is 91.4 cm³/mol. The van der Waals surface area contributed by atoms with Crippen molar-refractivity contribution >= 4 is 12.1 Å². The highest BCUT2D eigenvalue weighted by Crippen LogP contribution is 2.38. The summed E-state index contributed by atoms with van der Waals surface area (Å²) in [6.07, 6.45) is 3.67. The van der Waals surface area contributed by atoms with E-state index in [9.17, 15) is 9.59 Å². The molecule has 1 amide bonds. The molecule has 0 aromatic carbocycles. The summed E-state index contributed by atoms with van der Waals surface area (Å²) < 4.78 is 16.5. The van der Waals surface area contributed by atoms with Crippen LogP contribution in [0.4, 0.5) is 4.79 Å². The van der Waals surface area contributed by atoms with E-state index in [4.69, 9.17) is 14.2 Å². The summed E-state index contributed by atoms with van der Waals surface area (Å²) in [6.45, 7) is 12.8. The Balaban J connectivity index is 3.18. The molecule has 0 aromatic heterocycles. The van der Waals surface area contributed by atoms with Crippen LogP contribution in [-0.4, -0.2) is 47.5 Å². The van der Waals surface area contributed by atoms with Gasteiger partial charge in [0.05, 0.1) is 13.2 Å². The van der Waals surface area contributed by atoms with E-state index in [0.717, 1.165) is 6.42 Å². The van der Waals surface area contributed by atoms with Crippen LogP contribution in [0.5, 0.6) is 0 Å². The van der Waals surface area contributed by atoms with Crippen molar-refractivity contribution in [1.82, 2.24) is 4.90 Å². The molecule has 1 heterocycles. The third kappa shape index (κ3) is 4.72. The van der Waals surface area contributed by atoms with Gasteiger partial charge in [0.15, 0.2) is 6.04 Å². The zero-order valence-corrected chi connectivity index (χ0v) is 16.1. The lowest BCUT2D eigenvalue weighted by atomic mass is 9.94. The molecule has 3 atom stereocenters. The van der Waals surface area contributed by atoms with E-state index in [2.05, 4.69) is 0 Å². The second-order valence-corrected chi connectivity index (χ2v) is 7.63. The Kier molecular flexibility index (Phi) is 6.45. The lowest BCUT2D eigenvalue weighted by Crippen LogP contribution is -2.53. The number of hydrogen-bond donors (Lipinski definition) is 0. The van der Waals surface area contributed by atoms with Crippen LogP contribution in [0.25, 0.3) is 0 Å². The van der Waals surface area contributed by atoms with Gasteiger partial charge in [-0.3, -0.25) is 4.90 Å². The van der Waals surface area contributed by atoms with Crippen molar-refractivity contribution in [2.75, 3.05) is 7.11 Å². The molecule has 6 heteroatoms. The Hall–Kier alpha value is -1.56. The fourth-order valence-electron chi connectivity index (χ4n) is 2.85. The van der Waals surface area contributed by atoms with E-state index in [1.165, 1.54) is 12.0 Å². The van der Waals surface area contributed by atoms with Gasteiger partial charge in [0, 0.05) is 0 Å². The zero-order chi connectivity index (χ0) is 18.7. The van der Waals surface area contributed by atoms with Gasteiger partial charge < -0.3 is 14.2 Å². The van der Waals surface area contributed by atoms with Crippen molar-refractivity contribution in [3.05, 3.63) is 12.2 Å². The number of amides is 1. The second kappa shape index (κ2) is 7.55. The number of esters is 1. The van der Waals surface area contributed by atoms with Crippen LogP contribution in [-0.2, 0) is 19.0 Å². The van der Waals surface area contributed by atoms with Gasteiger partial charge in [-0.1, -0.05) is 19.1 Å². The van der Waals surface area contributed by atoms with Crippen molar-refractivity contribution in [3.63, 3.8) is 0 Å². The van der Waals surface area contributed by atoms with Crippen LogP contribution in [0.3, 0.4) is 0 Å². The molecular weight excluding hydrogens is 310 g/mol. The molecule has 6 nitrogen and oxygen atoms in total. The number of allylic oxidation sites excluding steroid dienone is 2. The third-order valence-corrected chi connectivity index (χ3v) is 3.93. The van der Waals surface area contributed by atoms with E-state index in [0.29, 0.717) is 0 Å². The SMILES string of the molecule is C/C=C/C[C@@H](C)[C@H]1OC(C)(C)N(C(=O)OC(C)(C)C)[C@@H]1C(=O)OC. The molecule has 1 aliphatic heterocycles. The summed E-state index contributed by atoms with van der Waals surface area (Å²) in [6, 6.07) is -0.833. The number of methoxy groups -OCH3 is 1. The normalized spacial score (nSPS) is 24.9. The van der Waals surface area contributed by atoms with E-state index >= 15 is 0 Å². The average molecular weight is 341 g/mol. The van der Waals surface area contributed by atoms with Crippen molar-refractivity contribution in [3.8, 4) is 0 Å². The standard InChI is InChI=1S/C18H31NO5/c1-9-10-11-12(2)14-13(15(20)22-8)19(18(6,7)23-14)16(21)24-17(3,4)5/h9-10,12-14H,11H2,1-8H3/b10-9+/t12-,13+,14-/m1/s1. The lowest BCUT2D eigenvalue weighted by molar-refractivity contribution is -0.147. The molecule has 0 aromatic rings. The molecule has 0 unspecified atom stereocenters. The highest BCUT2D eigenvalue weighted by Gasteiger charge is 2.56. The van der Waals surface area contributed by atoms with E-state index in [1.807, 2.05) is 26.0 Å². The molecule has 1 aliphatic rings. The number of carbonyl (C=O) groups is 2. The summed E-state index contributed by atoms with van der Waals surface area (Å²) in [4.78, 5) is 26.5. The van der Waals surface area contributed by atoms with Gasteiger partial charge in [0.1, 0.15) is 11.3 Å². The van der Waals surface area contributed by atoms with E-state index < -0.39 is 35.5 Å². The van der Waals surface area contributed by atoms with Crippen molar-refractivity contribution in [2.24, 2.45) is 5.92 Å². The summed E-state index contributed by atoms with van der Waals surface area (Å²) in [7, 11) is 1.31. The number of nitrogens with zero attached hydrogens (tertiary/aromatic N) is 1. The Morgan fingerprint density at radius 3 is 2.38 bits per heavy atom. The number of carbonyl (C=O) groups excluding carboxylic acids is 2. The molecule has 0 aliphatic carbocycles. The number of rotatable bonds is 4. The first-order chi connectivity index (χ1) is 10.9. The highest BCUT2D eigenvalue weighted by molar-refractivity contribution is 5.83. The Labute approximate surface area is 145 Å². The van der Waals surface area contributed by atoms with Crippen LogP contribution in [0.1, 0.15) is 54.9 Å². The lowest BCUT2D eigenvalue weighted by Gasteiger charge is -2.34. The van der Waals surface area contributed by atoms with Crippen LogP contribution >= 0.6 is 0 Å². The summed E-state index contributed by atoms with van der Waals surface area (Å²) in [5, 5.41) is 0. The highest BCUT2D eigenvalue weighted by atomic mass is 16.6. The van der Waals surface area contributed by atoms with Gasteiger partial charge >= 0.3 is 12.1 Å². The molecular formula is C18H31NO5. The third-order valence-electron chi connectivity index (χ3n) is 3.93. The van der Waals surface area contributed by atoms with Crippen molar-refractivity contribution in [2.45, 2.75) is 78.4 Å². The summed E-state index contributed by atoms with van der Waals surface area (Å²) >= 11 is 0. The van der Waals surface area contributed by atoms with Gasteiger partial charge in [-0.25, -0.2) is 9.59 Å². The smallest absolute Gasteiger partial charge is 0.413 e. The minimum absolute atomic E-state index is 0.0389. The first-order valence-electron chi connectivity index (χ1n) is 8.33. The van der Waals surface area contributed by atoms with Crippen molar-refractivity contribution < 1.29 is 23.8 Å². The van der Waals surface area contributed by atoms with Gasteiger partial charge in [-0.05, 0) is 53.9 Å². The van der Waals surface area contributed by atoms with Gasteiger partial charge in [-0.15, -0.1) is 0 Å². The monoisotopic (exact) mass is 341 g/mol. The fraction of sp³-hybridized carbons (Fsp3) is 0.778. The molecule has 0 saturated carbocycles. The van der Waals surface area contributed by atoms with Gasteiger partial charge in [0.25, 0.3) is 0 Å². The molecule has 138 valence electrons. The van der Waals surface area contributed by atoms with Crippen molar-refractivity contribution in [1.29, 1.82) is 0 Å². The second-order valence-electron chi connectivity index (χ2n) is 7.63. The van der Waals surface area contributed by atoms with Crippen LogP contribution in [0.2, 0.25) is 0 Å². The van der Waals surface area contributed by atoms with Crippen LogP contribution in [0, 0.1) is 5.92 Å². The number of ether oxygens (including phenoxy) is 3.